The van der Waals surface area contributed by atoms with Crippen LogP contribution >= 0.6 is 0 Å². The Morgan fingerprint density at radius 2 is 2.06 bits per heavy atom. The van der Waals surface area contributed by atoms with Gasteiger partial charge in [-0.1, -0.05) is 6.92 Å². The fraction of sp³-hybridized carbons (Fsp3) is 1.00. The molecule has 2 heterocycles. The summed E-state index contributed by atoms with van der Waals surface area (Å²) in [6, 6.07) is 1.33. The van der Waals surface area contributed by atoms with E-state index in [1.165, 1.54) is 45.6 Å². The minimum absolute atomic E-state index is 0.575. The standard InChI is InChI=1S/C14H29N3O/c1-3-13(2)17-9-7-16(8-10-17)6-4-14-12-18-11-5-15-14/h13-15H,3-12H2,1-2H3. The first-order valence-corrected chi connectivity index (χ1v) is 7.57. The van der Waals surface area contributed by atoms with Gasteiger partial charge in [-0.25, -0.2) is 0 Å². The quantitative estimate of drug-likeness (QED) is 0.786. The SMILES string of the molecule is CCC(C)N1CCN(CCC2COCCN2)CC1. The number of nitrogens with one attached hydrogen (secondary N) is 1. The van der Waals surface area contributed by atoms with E-state index in [1.54, 1.807) is 0 Å². The van der Waals surface area contributed by atoms with Gasteiger partial charge < -0.3 is 15.0 Å². The van der Waals surface area contributed by atoms with Gasteiger partial charge in [0.2, 0.25) is 0 Å². The van der Waals surface area contributed by atoms with E-state index in [4.69, 9.17) is 4.74 Å². The summed E-state index contributed by atoms with van der Waals surface area (Å²) in [5.41, 5.74) is 0. The number of nitrogens with zero attached hydrogens (tertiary/aromatic N) is 2. The van der Waals surface area contributed by atoms with Gasteiger partial charge in [0, 0.05) is 44.8 Å². The van der Waals surface area contributed by atoms with E-state index in [9.17, 15) is 0 Å². The van der Waals surface area contributed by atoms with E-state index in [0.29, 0.717) is 6.04 Å². The molecule has 0 bridgehead atoms. The van der Waals surface area contributed by atoms with Crippen LogP contribution in [0.1, 0.15) is 26.7 Å². The maximum atomic E-state index is 5.50. The van der Waals surface area contributed by atoms with Gasteiger partial charge in [-0.2, -0.15) is 0 Å². The van der Waals surface area contributed by atoms with Crippen LogP contribution in [-0.4, -0.2) is 74.4 Å². The Morgan fingerprint density at radius 3 is 2.67 bits per heavy atom. The maximum absolute atomic E-state index is 5.50. The molecule has 4 heteroatoms. The van der Waals surface area contributed by atoms with E-state index in [2.05, 4.69) is 29.0 Å². The first-order valence-electron chi connectivity index (χ1n) is 7.57. The van der Waals surface area contributed by atoms with Crippen LogP contribution in [0.15, 0.2) is 0 Å². The molecule has 0 aromatic heterocycles. The predicted octanol–water partition coefficient (Wildman–Crippen LogP) is 0.781. The average Bonchev–Trinajstić information content (AvgIpc) is 2.46. The van der Waals surface area contributed by atoms with Crippen LogP contribution in [0.25, 0.3) is 0 Å². The van der Waals surface area contributed by atoms with Crippen molar-refractivity contribution in [3.05, 3.63) is 0 Å². The van der Waals surface area contributed by atoms with E-state index < -0.39 is 0 Å². The number of hydrogen-bond acceptors (Lipinski definition) is 4. The summed E-state index contributed by atoms with van der Waals surface area (Å²) in [6.07, 6.45) is 2.49. The largest absolute Gasteiger partial charge is 0.379 e. The normalized spacial score (nSPS) is 29.3. The molecule has 2 unspecified atom stereocenters. The smallest absolute Gasteiger partial charge is 0.0620 e. The number of morpholine rings is 1. The molecule has 4 nitrogen and oxygen atoms in total. The monoisotopic (exact) mass is 255 g/mol. The third-order valence-electron chi connectivity index (χ3n) is 4.41. The summed E-state index contributed by atoms with van der Waals surface area (Å²) in [4.78, 5) is 5.23. The van der Waals surface area contributed by atoms with Crippen LogP contribution in [0.3, 0.4) is 0 Å². The van der Waals surface area contributed by atoms with Crippen molar-refractivity contribution in [2.24, 2.45) is 0 Å². The average molecular weight is 255 g/mol. The molecule has 0 aromatic rings. The molecule has 0 spiro atoms. The molecule has 2 saturated heterocycles. The van der Waals surface area contributed by atoms with E-state index in [0.717, 1.165) is 25.8 Å². The van der Waals surface area contributed by atoms with Crippen LogP contribution in [0, 0.1) is 0 Å². The van der Waals surface area contributed by atoms with Crippen molar-refractivity contribution in [1.29, 1.82) is 0 Å². The lowest BCUT2D eigenvalue weighted by molar-refractivity contribution is 0.0614. The Labute approximate surface area is 112 Å². The highest BCUT2D eigenvalue weighted by molar-refractivity contribution is 4.78. The lowest BCUT2D eigenvalue weighted by atomic mass is 10.1. The van der Waals surface area contributed by atoms with Gasteiger partial charge >= 0.3 is 0 Å². The molecule has 0 aliphatic carbocycles. The lowest BCUT2D eigenvalue weighted by Gasteiger charge is -2.38. The maximum Gasteiger partial charge on any atom is 0.0620 e. The molecule has 1 N–H and O–H groups in total. The van der Waals surface area contributed by atoms with Crippen molar-refractivity contribution in [3.8, 4) is 0 Å². The Morgan fingerprint density at radius 1 is 1.28 bits per heavy atom. The summed E-state index contributed by atoms with van der Waals surface area (Å²) in [5.74, 6) is 0. The van der Waals surface area contributed by atoms with Gasteiger partial charge in [-0.15, -0.1) is 0 Å². The summed E-state index contributed by atoms with van der Waals surface area (Å²) in [6.45, 7) is 13.6. The van der Waals surface area contributed by atoms with Gasteiger partial charge in [-0.05, 0) is 26.3 Å². The number of ether oxygens (including phenoxy) is 1. The van der Waals surface area contributed by atoms with Gasteiger partial charge in [-0.3, -0.25) is 4.90 Å². The zero-order valence-electron chi connectivity index (χ0n) is 12.0. The molecule has 18 heavy (non-hydrogen) atoms. The van der Waals surface area contributed by atoms with Crippen molar-refractivity contribution < 1.29 is 4.74 Å². The predicted molar refractivity (Wildman–Crippen MR) is 75.0 cm³/mol. The second-order valence-electron chi connectivity index (χ2n) is 5.65. The van der Waals surface area contributed by atoms with Gasteiger partial charge in [0.15, 0.2) is 0 Å². The van der Waals surface area contributed by atoms with Crippen LogP contribution in [0.5, 0.6) is 0 Å². The van der Waals surface area contributed by atoms with Crippen molar-refractivity contribution in [1.82, 2.24) is 15.1 Å². The lowest BCUT2D eigenvalue weighted by Crippen LogP contribution is -2.50. The van der Waals surface area contributed by atoms with Crippen molar-refractivity contribution in [2.75, 3.05) is 52.5 Å². The summed E-state index contributed by atoms with van der Waals surface area (Å²) in [7, 11) is 0. The number of hydrogen-bond donors (Lipinski definition) is 1. The third kappa shape index (κ3) is 4.19. The Hall–Kier alpha value is -0.160. The first-order chi connectivity index (χ1) is 8.79. The zero-order chi connectivity index (χ0) is 12.8. The summed E-state index contributed by atoms with van der Waals surface area (Å²) >= 11 is 0. The molecule has 2 aliphatic rings. The van der Waals surface area contributed by atoms with Crippen LogP contribution in [0.4, 0.5) is 0 Å². The van der Waals surface area contributed by atoms with Gasteiger partial charge in [0.1, 0.15) is 0 Å². The summed E-state index contributed by atoms with van der Waals surface area (Å²) < 4.78 is 5.50. The zero-order valence-corrected chi connectivity index (χ0v) is 12.0. The molecule has 2 atom stereocenters. The highest BCUT2D eigenvalue weighted by Crippen LogP contribution is 2.09. The molecule has 0 aromatic carbocycles. The minimum Gasteiger partial charge on any atom is -0.379 e. The molecule has 106 valence electrons. The van der Waals surface area contributed by atoms with E-state index in [1.807, 2.05) is 0 Å². The molecule has 0 saturated carbocycles. The van der Waals surface area contributed by atoms with Crippen LogP contribution in [-0.2, 0) is 4.74 Å². The molecule has 2 fully saturated rings. The van der Waals surface area contributed by atoms with Crippen molar-refractivity contribution in [3.63, 3.8) is 0 Å². The highest BCUT2D eigenvalue weighted by atomic mass is 16.5. The molecule has 0 amide bonds. The molecule has 2 aliphatic heterocycles. The highest BCUT2D eigenvalue weighted by Gasteiger charge is 2.21. The van der Waals surface area contributed by atoms with Gasteiger partial charge in [0.05, 0.1) is 13.2 Å². The van der Waals surface area contributed by atoms with Crippen LogP contribution in [0.2, 0.25) is 0 Å². The van der Waals surface area contributed by atoms with E-state index >= 15 is 0 Å². The third-order valence-corrected chi connectivity index (χ3v) is 4.41. The Bertz CT molecular complexity index is 223. The molecule has 2 rings (SSSR count). The Kier molecular flexibility index (Phi) is 5.89. The Balaban J connectivity index is 1.61. The van der Waals surface area contributed by atoms with Crippen LogP contribution < -0.4 is 5.32 Å². The van der Waals surface area contributed by atoms with Crippen molar-refractivity contribution >= 4 is 0 Å². The number of rotatable bonds is 5. The van der Waals surface area contributed by atoms with E-state index in [-0.39, 0.29) is 0 Å². The van der Waals surface area contributed by atoms with Gasteiger partial charge in [0.25, 0.3) is 0 Å². The fourth-order valence-electron chi connectivity index (χ4n) is 2.83. The second kappa shape index (κ2) is 7.43. The summed E-state index contributed by atoms with van der Waals surface area (Å²) in [5, 5.41) is 3.53. The fourth-order valence-corrected chi connectivity index (χ4v) is 2.83. The van der Waals surface area contributed by atoms with Crippen molar-refractivity contribution in [2.45, 2.75) is 38.8 Å². The minimum atomic E-state index is 0.575. The molecule has 0 radical (unpaired) electrons. The number of piperazine rings is 1. The topological polar surface area (TPSA) is 27.7 Å². The molecular formula is C14H29N3O. The second-order valence-corrected chi connectivity index (χ2v) is 5.65. The molecular weight excluding hydrogens is 226 g/mol. The first kappa shape index (κ1) is 14.3.